The molecule has 1 rings (SSSR count). The van der Waals surface area contributed by atoms with Gasteiger partial charge in [0.2, 0.25) is 8.03 Å². The quantitative estimate of drug-likeness (QED) is 0.648. The lowest BCUT2D eigenvalue weighted by atomic mass is 10.0. The molecule has 0 aromatic heterocycles. The second kappa shape index (κ2) is 5.99. The summed E-state index contributed by atoms with van der Waals surface area (Å²) in [7, 11) is -3.08. The minimum Gasteiger partial charge on any atom is -0.465 e. The maximum absolute atomic E-state index is 11.9. The Morgan fingerprint density at radius 3 is 2.47 bits per heavy atom. The van der Waals surface area contributed by atoms with Crippen LogP contribution in [0.25, 0.3) is 0 Å². The number of benzene rings is 1. The van der Waals surface area contributed by atoms with Crippen LogP contribution in [0.2, 0.25) is 0 Å². The SMILES string of the molecule is CCCOC(=O)C(C)(c1ccccc1)[PH](=O)O. The van der Waals surface area contributed by atoms with Gasteiger partial charge in [0.05, 0.1) is 6.61 Å². The minimum absolute atomic E-state index is 0.260. The van der Waals surface area contributed by atoms with Gasteiger partial charge in [-0.1, -0.05) is 37.3 Å². The van der Waals surface area contributed by atoms with Crippen molar-refractivity contribution >= 4 is 14.0 Å². The number of hydrogen-bond donors (Lipinski definition) is 1. The first-order valence-electron chi connectivity index (χ1n) is 5.49. The predicted octanol–water partition coefficient (Wildman–Crippen LogP) is 2.32. The van der Waals surface area contributed by atoms with Crippen LogP contribution in [0.3, 0.4) is 0 Å². The van der Waals surface area contributed by atoms with Gasteiger partial charge in [0, 0.05) is 0 Å². The molecule has 0 bridgehead atoms. The molecular formula is C12H17O4P. The Morgan fingerprint density at radius 1 is 1.41 bits per heavy atom. The molecule has 0 aliphatic carbocycles. The maximum Gasteiger partial charge on any atom is 0.325 e. The predicted molar refractivity (Wildman–Crippen MR) is 66.3 cm³/mol. The smallest absolute Gasteiger partial charge is 0.325 e. The molecule has 0 fully saturated rings. The summed E-state index contributed by atoms with van der Waals surface area (Å²) >= 11 is 0. The van der Waals surface area contributed by atoms with E-state index in [0.29, 0.717) is 12.0 Å². The zero-order valence-corrected chi connectivity index (χ0v) is 11.0. The van der Waals surface area contributed by atoms with Crippen molar-refractivity contribution in [3.8, 4) is 0 Å². The number of rotatable bonds is 5. The van der Waals surface area contributed by atoms with Gasteiger partial charge in [-0.2, -0.15) is 0 Å². The van der Waals surface area contributed by atoms with E-state index in [4.69, 9.17) is 4.74 Å². The molecule has 2 atom stereocenters. The zero-order chi connectivity index (χ0) is 12.9. The number of carbonyl (C=O) groups excluding carboxylic acids is 1. The average molecular weight is 256 g/mol. The largest absolute Gasteiger partial charge is 0.465 e. The normalized spacial score (nSPS) is 15.9. The number of hydrogen-bond acceptors (Lipinski definition) is 3. The Labute approximate surface area is 101 Å². The van der Waals surface area contributed by atoms with E-state index in [-0.39, 0.29) is 6.61 Å². The van der Waals surface area contributed by atoms with Crippen molar-refractivity contribution in [3.05, 3.63) is 35.9 Å². The summed E-state index contributed by atoms with van der Waals surface area (Å²) in [6.45, 7) is 3.58. The minimum atomic E-state index is -3.08. The van der Waals surface area contributed by atoms with Gasteiger partial charge in [0.15, 0.2) is 5.16 Å². The highest BCUT2D eigenvalue weighted by Crippen LogP contribution is 2.45. The molecule has 0 saturated carbocycles. The molecule has 1 aromatic rings. The highest BCUT2D eigenvalue weighted by molar-refractivity contribution is 7.41. The first-order chi connectivity index (χ1) is 8.03. The Morgan fingerprint density at radius 2 is 2.00 bits per heavy atom. The monoisotopic (exact) mass is 256 g/mol. The summed E-state index contributed by atoms with van der Waals surface area (Å²) in [6.07, 6.45) is 0.684. The van der Waals surface area contributed by atoms with Crippen molar-refractivity contribution in [2.24, 2.45) is 0 Å². The van der Waals surface area contributed by atoms with Crippen LogP contribution in [0.1, 0.15) is 25.8 Å². The van der Waals surface area contributed by atoms with E-state index in [0.717, 1.165) is 0 Å². The van der Waals surface area contributed by atoms with Crippen LogP contribution in [0.15, 0.2) is 30.3 Å². The molecule has 0 aliphatic heterocycles. The molecule has 17 heavy (non-hydrogen) atoms. The zero-order valence-electron chi connectivity index (χ0n) is 9.97. The van der Waals surface area contributed by atoms with E-state index in [1.807, 2.05) is 6.92 Å². The fraction of sp³-hybridized carbons (Fsp3) is 0.417. The van der Waals surface area contributed by atoms with Gasteiger partial charge in [-0.3, -0.25) is 9.36 Å². The fourth-order valence-electron chi connectivity index (χ4n) is 1.44. The first kappa shape index (κ1) is 13.9. The van der Waals surface area contributed by atoms with Crippen LogP contribution < -0.4 is 0 Å². The van der Waals surface area contributed by atoms with E-state index in [1.165, 1.54) is 6.92 Å². The van der Waals surface area contributed by atoms with Crippen molar-refractivity contribution in [2.45, 2.75) is 25.4 Å². The highest BCUT2D eigenvalue weighted by Gasteiger charge is 2.42. The highest BCUT2D eigenvalue weighted by atomic mass is 31.1. The number of carbonyl (C=O) groups is 1. The van der Waals surface area contributed by atoms with Crippen molar-refractivity contribution in [3.63, 3.8) is 0 Å². The molecule has 0 spiro atoms. The molecule has 1 N–H and O–H groups in total. The van der Waals surface area contributed by atoms with Gasteiger partial charge in [0.25, 0.3) is 0 Å². The van der Waals surface area contributed by atoms with Crippen molar-refractivity contribution in [1.82, 2.24) is 0 Å². The summed E-state index contributed by atoms with van der Waals surface area (Å²) in [5.74, 6) is -0.642. The van der Waals surface area contributed by atoms with Crippen LogP contribution in [0.5, 0.6) is 0 Å². The van der Waals surface area contributed by atoms with Gasteiger partial charge in [-0.15, -0.1) is 0 Å². The summed E-state index contributed by atoms with van der Waals surface area (Å²) in [4.78, 5) is 21.3. The summed E-state index contributed by atoms with van der Waals surface area (Å²) in [5.41, 5.74) is 0.507. The van der Waals surface area contributed by atoms with Crippen LogP contribution in [-0.4, -0.2) is 17.5 Å². The van der Waals surface area contributed by atoms with Gasteiger partial charge in [0.1, 0.15) is 0 Å². The molecule has 2 unspecified atom stereocenters. The fourth-order valence-corrected chi connectivity index (χ4v) is 2.10. The Kier molecular flexibility index (Phi) is 4.91. The lowest BCUT2D eigenvalue weighted by Crippen LogP contribution is -2.31. The third-order valence-electron chi connectivity index (χ3n) is 2.62. The van der Waals surface area contributed by atoms with Gasteiger partial charge < -0.3 is 9.63 Å². The average Bonchev–Trinajstić information content (AvgIpc) is 2.35. The molecule has 0 radical (unpaired) electrons. The second-order valence-electron chi connectivity index (χ2n) is 3.93. The molecule has 4 nitrogen and oxygen atoms in total. The molecule has 1 aromatic carbocycles. The molecule has 0 saturated heterocycles. The Balaban J connectivity index is 3.06. The topological polar surface area (TPSA) is 63.6 Å². The Hall–Kier alpha value is -1.12. The van der Waals surface area contributed by atoms with E-state index in [1.54, 1.807) is 30.3 Å². The van der Waals surface area contributed by atoms with Gasteiger partial charge in [-0.05, 0) is 18.9 Å². The van der Waals surface area contributed by atoms with Gasteiger partial charge in [-0.25, -0.2) is 0 Å². The van der Waals surface area contributed by atoms with E-state index in [2.05, 4.69) is 0 Å². The summed E-state index contributed by atoms with van der Waals surface area (Å²) < 4.78 is 16.5. The summed E-state index contributed by atoms with van der Waals surface area (Å²) in [5, 5.41) is -1.46. The molecule has 94 valence electrons. The number of esters is 1. The lowest BCUT2D eigenvalue weighted by Gasteiger charge is -2.24. The summed E-state index contributed by atoms with van der Waals surface area (Å²) in [6, 6.07) is 8.56. The van der Waals surface area contributed by atoms with Crippen molar-refractivity contribution < 1.29 is 19.0 Å². The molecule has 5 heteroatoms. The molecule has 0 amide bonds. The van der Waals surface area contributed by atoms with Crippen molar-refractivity contribution in [1.29, 1.82) is 0 Å². The van der Waals surface area contributed by atoms with Crippen LogP contribution in [-0.2, 0) is 19.3 Å². The van der Waals surface area contributed by atoms with Crippen molar-refractivity contribution in [2.75, 3.05) is 6.61 Å². The third-order valence-corrected chi connectivity index (χ3v) is 3.97. The van der Waals surface area contributed by atoms with Crippen LogP contribution >= 0.6 is 8.03 Å². The molecular weight excluding hydrogens is 239 g/mol. The van der Waals surface area contributed by atoms with Crippen LogP contribution in [0, 0.1) is 0 Å². The van der Waals surface area contributed by atoms with E-state index < -0.39 is 19.2 Å². The second-order valence-corrected chi connectivity index (χ2v) is 5.54. The molecule has 0 aliphatic rings. The van der Waals surface area contributed by atoms with Crippen LogP contribution in [0.4, 0.5) is 0 Å². The van der Waals surface area contributed by atoms with E-state index >= 15 is 0 Å². The third kappa shape index (κ3) is 2.96. The molecule has 0 heterocycles. The first-order valence-corrected chi connectivity index (χ1v) is 6.85. The standard InChI is InChI=1S/C12H17O4P/c1-3-9-16-11(13)12(2,17(14)15)10-7-5-4-6-8-10/h4-8,17H,3,9H2,1-2H3,(H,14,15). The lowest BCUT2D eigenvalue weighted by molar-refractivity contribution is -0.146. The Bertz CT molecular complexity index is 404. The van der Waals surface area contributed by atoms with E-state index in [9.17, 15) is 14.3 Å². The maximum atomic E-state index is 11.9. The van der Waals surface area contributed by atoms with Gasteiger partial charge >= 0.3 is 5.97 Å². The number of ether oxygens (including phenoxy) is 1.